The molecule has 0 spiro atoms. The quantitative estimate of drug-likeness (QED) is 0.554. The summed E-state index contributed by atoms with van der Waals surface area (Å²) >= 11 is 0. The highest BCUT2D eigenvalue weighted by atomic mass is 32.2. The van der Waals surface area contributed by atoms with Gasteiger partial charge in [-0.2, -0.15) is 0 Å². The van der Waals surface area contributed by atoms with E-state index in [4.69, 9.17) is 0 Å². The lowest BCUT2D eigenvalue weighted by Crippen LogP contribution is -2.26. The van der Waals surface area contributed by atoms with Crippen molar-refractivity contribution in [3.63, 3.8) is 0 Å². The molecule has 0 aliphatic heterocycles. The van der Waals surface area contributed by atoms with Gasteiger partial charge in [0.15, 0.2) is 0 Å². The number of sulfone groups is 1. The Kier molecular flexibility index (Phi) is 7.56. The van der Waals surface area contributed by atoms with E-state index in [-0.39, 0.29) is 16.8 Å². The molecule has 0 unspecified atom stereocenters. The average Bonchev–Trinajstić information content (AvgIpc) is 2.98. The molecule has 0 radical (unpaired) electrons. The molecule has 1 aromatic heterocycles. The summed E-state index contributed by atoms with van der Waals surface area (Å²) in [6.45, 7) is 13.8. The number of rotatable bonds is 11. The maximum absolute atomic E-state index is 12.9. The molecule has 1 aromatic carbocycles. The van der Waals surface area contributed by atoms with Crippen LogP contribution < -0.4 is 0 Å². The lowest BCUT2D eigenvalue weighted by molar-refractivity contribution is 0.317. The number of benzene rings is 1. The topological polar surface area (TPSA) is 55.2 Å². The Balaban J connectivity index is 2.44. The summed E-state index contributed by atoms with van der Waals surface area (Å²) in [5.74, 6) is 0.125. The molecular weight excluding hydrogens is 358 g/mol. The molecule has 0 bridgehead atoms. The number of aromatic nitrogens is 2. The lowest BCUT2D eigenvalue weighted by Gasteiger charge is -2.20. The van der Waals surface area contributed by atoms with Crippen molar-refractivity contribution < 1.29 is 8.42 Å². The van der Waals surface area contributed by atoms with E-state index in [1.807, 2.05) is 60.9 Å². The average molecular weight is 388 g/mol. The van der Waals surface area contributed by atoms with Crippen molar-refractivity contribution in [3.05, 3.63) is 73.1 Å². The van der Waals surface area contributed by atoms with Gasteiger partial charge in [-0.3, -0.25) is 4.90 Å². The minimum atomic E-state index is -3.46. The molecule has 0 aliphatic carbocycles. The predicted molar refractivity (Wildman–Crippen MR) is 110 cm³/mol. The molecule has 27 heavy (non-hydrogen) atoms. The van der Waals surface area contributed by atoms with Crippen LogP contribution in [0.1, 0.15) is 25.1 Å². The summed E-state index contributed by atoms with van der Waals surface area (Å²) in [7, 11) is -3.46. The van der Waals surface area contributed by atoms with Gasteiger partial charge in [0.05, 0.1) is 24.2 Å². The van der Waals surface area contributed by atoms with Gasteiger partial charge >= 0.3 is 0 Å². The third kappa shape index (κ3) is 5.91. The summed E-state index contributed by atoms with van der Waals surface area (Å²) in [6, 6.07) is 9.85. The molecule has 2 rings (SSSR count). The van der Waals surface area contributed by atoms with Crippen molar-refractivity contribution in [2.24, 2.45) is 5.92 Å². The van der Waals surface area contributed by atoms with Crippen LogP contribution in [-0.2, 0) is 22.9 Å². The molecule has 0 amide bonds. The zero-order chi connectivity index (χ0) is 19.9. The smallest absolute Gasteiger partial charge is 0.228 e. The van der Waals surface area contributed by atoms with Gasteiger partial charge in [0.2, 0.25) is 15.0 Å². The SMILES string of the molecule is C=CCN(CC=C)Cc1cnc(S(=O)(=O)CC(C)C)n1Cc1ccccc1. The van der Waals surface area contributed by atoms with Gasteiger partial charge in [0, 0.05) is 19.6 Å². The third-order valence-corrected chi connectivity index (χ3v) is 6.06. The maximum atomic E-state index is 12.9. The van der Waals surface area contributed by atoms with Crippen molar-refractivity contribution in [2.45, 2.75) is 32.1 Å². The van der Waals surface area contributed by atoms with E-state index in [0.29, 0.717) is 26.2 Å². The van der Waals surface area contributed by atoms with Crippen LogP contribution in [0.3, 0.4) is 0 Å². The van der Waals surface area contributed by atoms with E-state index in [9.17, 15) is 8.42 Å². The second kappa shape index (κ2) is 9.67. The van der Waals surface area contributed by atoms with Crippen LogP contribution in [0, 0.1) is 5.92 Å². The van der Waals surface area contributed by atoms with Gasteiger partial charge < -0.3 is 4.57 Å². The first-order chi connectivity index (χ1) is 12.9. The standard InChI is InChI=1S/C21H29N3O2S/c1-5-12-23(13-6-2)16-20-14-22-21(27(25,26)17-18(3)4)24(20)15-19-10-8-7-9-11-19/h5-11,14,18H,1-2,12-13,15-17H2,3-4H3. The summed E-state index contributed by atoms with van der Waals surface area (Å²) in [5, 5.41) is 0.146. The van der Waals surface area contributed by atoms with Crippen LogP contribution in [0.5, 0.6) is 0 Å². The summed E-state index contributed by atoms with van der Waals surface area (Å²) in [5.41, 5.74) is 1.90. The molecule has 0 saturated heterocycles. The fourth-order valence-electron chi connectivity index (χ4n) is 3.01. The molecule has 6 heteroatoms. The lowest BCUT2D eigenvalue weighted by atomic mass is 10.2. The molecule has 1 heterocycles. The molecule has 146 valence electrons. The zero-order valence-electron chi connectivity index (χ0n) is 16.2. The van der Waals surface area contributed by atoms with E-state index in [1.54, 1.807) is 6.20 Å². The Morgan fingerprint density at radius 3 is 2.33 bits per heavy atom. The van der Waals surface area contributed by atoms with E-state index in [0.717, 1.165) is 11.3 Å². The normalized spacial score (nSPS) is 11.9. The van der Waals surface area contributed by atoms with E-state index < -0.39 is 9.84 Å². The fourth-order valence-corrected chi connectivity index (χ4v) is 4.77. The maximum Gasteiger partial charge on any atom is 0.228 e. The van der Waals surface area contributed by atoms with Gasteiger partial charge in [0.1, 0.15) is 0 Å². The first kappa shape index (κ1) is 21.1. The van der Waals surface area contributed by atoms with Gasteiger partial charge in [-0.25, -0.2) is 13.4 Å². The van der Waals surface area contributed by atoms with Crippen LogP contribution in [0.2, 0.25) is 0 Å². The molecule has 2 aromatic rings. The first-order valence-electron chi connectivity index (χ1n) is 9.12. The predicted octanol–water partition coefficient (Wildman–Crippen LogP) is 3.54. The van der Waals surface area contributed by atoms with Crippen molar-refractivity contribution in [1.82, 2.24) is 14.5 Å². The second-order valence-electron chi connectivity index (χ2n) is 7.05. The fraction of sp³-hybridized carbons (Fsp3) is 0.381. The second-order valence-corrected chi connectivity index (χ2v) is 8.98. The van der Waals surface area contributed by atoms with Crippen LogP contribution in [-0.4, -0.2) is 41.7 Å². The Morgan fingerprint density at radius 1 is 1.15 bits per heavy atom. The largest absolute Gasteiger partial charge is 0.313 e. The minimum absolute atomic E-state index is 0.0401. The molecule has 0 atom stereocenters. The van der Waals surface area contributed by atoms with Crippen LogP contribution in [0.15, 0.2) is 67.0 Å². The summed E-state index contributed by atoms with van der Waals surface area (Å²) < 4.78 is 27.6. The highest BCUT2D eigenvalue weighted by molar-refractivity contribution is 7.91. The van der Waals surface area contributed by atoms with Crippen molar-refractivity contribution >= 4 is 9.84 Å². The van der Waals surface area contributed by atoms with Gasteiger partial charge in [-0.15, -0.1) is 13.2 Å². The molecule has 0 aliphatic rings. The number of nitrogens with zero attached hydrogens (tertiary/aromatic N) is 3. The van der Waals surface area contributed by atoms with Crippen LogP contribution in [0.4, 0.5) is 0 Å². The molecule has 0 saturated carbocycles. The molecular formula is C21H29N3O2S. The van der Waals surface area contributed by atoms with Gasteiger partial charge in [-0.1, -0.05) is 56.3 Å². The molecule has 0 fully saturated rings. The Bertz CT molecular complexity index is 845. The Hall–Kier alpha value is -2.18. The van der Waals surface area contributed by atoms with Crippen LogP contribution >= 0.6 is 0 Å². The highest BCUT2D eigenvalue weighted by Crippen LogP contribution is 2.19. The summed E-state index contributed by atoms with van der Waals surface area (Å²) in [6.07, 6.45) is 5.34. The number of hydrogen-bond donors (Lipinski definition) is 0. The third-order valence-electron chi connectivity index (χ3n) is 4.08. The van der Waals surface area contributed by atoms with E-state index in [2.05, 4.69) is 23.0 Å². The molecule has 5 nitrogen and oxygen atoms in total. The van der Waals surface area contributed by atoms with E-state index >= 15 is 0 Å². The minimum Gasteiger partial charge on any atom is -0.313 e. The van der Waals surface area contributed by atoms with Gasteiger partial charge in [0.25, 0.3) is 0 Å². The van der Waals surface area contributed by atoms with Gasteiger partial charge in [-0.05, 0) is 11.5 Å². The van der Waals surface area contributed by atoms with Crippen LogP contribution in [0.25, 0.3) is 0 Å². The zero-order valence-corrected chi connectivity index (χ0v) is 17.0. The number of hydrogen-bond acceptors (Lipinski definition) is 4. The van der Waals surface area contributed by atoms with Crippen molar-refractivity contribution in [3.8, 4) is 0 Å². The highest BCUT2D eigenvalue weighted by Gasteiger charge is 2.25. The van der Waals surface area contributed by atoms with Crippen molar-refractivity contribution in [1.29, 1.82) is 0 Å². The summed E-state index contributed by atoms with van der Waals surface area (Å²) in [4.78, 5) is 6.44. The Morgan fingerprint density at radius 2 is 1.78 bits per heavy atom. The molecule has 0 N–H and O–H groups in total. The van der Waals surface area contributed by atoms with Crippen molar-refractivity contribution in [2.75, 3.05) is 18.8 Å². The monoisotopic (exact) mass is 387 g/mol. The Labute approximate surface area is 163 Å². The number of imidazole rings is 1. The van der Waals surface area contributed by atoms with E-state index in [1.165, 1.54) is 0 Å². The first-order valence-corrected chi connectivity index (χ1v) is 10.8.